The van der Waals surface area contributed by atoms with Crippen LogP contribution in [0.1, 0.15) is 15.9 Å². The van der Waals surface area contributed by atoms with E-state index in [0.29, 0.717) is 18.2 Å². The number of hydrogen-bond donors (Lipinski definition) is 1. The maximum absolute atomic E-state index is 13.4. The first kappa shape index (κ1) is 15.4. The number of thiocarbonyl (C=S) groups is 1. The molecule has 1 rings (SSSR count). The Kier molecular flexibility index (Phi) is 4.46. The molecule has 0 saturated heterocycles. The average Bonchev–Trinajstić information content (AvgIpc) is 2.26. The molecule has 0 saturated carbocycles. The molecule has 1 aromatic rings. The molecule has 0 bridgehead atoms. The number of carbonyl (C=O) groups is 1. The van der Waals surface area contributed by atoms with Crippen LogP contribution >= 0.6 is 12.2 Å². The zero-order valence-electron chi connectivity index (χ0n) is 9.79. The van der Waals surface area contributed by atoms with E-state index in [0.717, 1.165) is 4.90 Å². The summed E-state index contributed by atoms with van der Waals surface area (Å²) < 4.78 is 50.9. The Bertz CT molecular complexity index is 516. The Labute approximate surface area is 112 Å². The van der Waals surface area contributed by atoms with Crippen LogP contribution in [-0.4, -0.2) is 29.4 Å². The van der Waals surface area contributed by atoms with Crippen molar-refractivity contribution in [3.63, 3.8) is 0 Å². The molecule has 0 unspecified atom stereocenters. The van der Waals surface area contributed by atoms with Gasteiger partial charge in [0.2, 0.25) is 0 Å². The molecule has 0 aromatic heterocycles. The fraction of sp³-hybridized carbons (Fsp3) is 0.273. The van der Waals surface area contributed by atoms with Crippen molar-refractivity contribution < 1.29 is 22.4 Å². The number of rotatable bonds is 3. The number of carbonyl (C=O) groups excluding carboxylic acids is 1. The third-order valence-electron chi connectivity index (χ3n) is 2.26. The van der Waals surface area contributed by atoms with Crippen LogP contribution in [0.4, 0.5) is 17.6 Å². The van der Waals surface area contributed by atoms with Gasteiger partial charge in [-0.25, -0.2) is 4.39 Å². The maximum Gasteiger partial charge on any atom is 0.416 e. The highest BCUT2D eigenvalue weighted by atomic mass is 32.1. The maximum atomic E-state index is 13.4. The lowest BCUT2D eigenvalue weighted by molar-refractivity contribution is -0.137. The highest BCUT2D eigenvalue weighted by molar-refractivity contribution is 7.80. The fourth-order valence-electron chi connectivity index (χ4n) is 1.38. The van der Waals surface area contributed by atoms with E-state index in [2.05, 4.69) is 12.2 Å². The van der Waals surface area contributed by atoms with Crippen LogP contribution in [0.15, 0.2) is 18.2 Å². The van der Waals surface area contributed by atoms with Gasteiger partial charge in [0.15, 0.2) is 0 Å². The van der Waals surface area contributed by atoms with E-state index in [4.69, 9.17) is 5.73 Å². The minimum Gasteiger partial charge on any atom is -0.392 e. The van der Waals surface area contributed by atoms with Crippen molar-refractivity contribution in [1.82, 2.24) is 4.90 Å². The smallest absolute Gasteiger partial charge is 0.392 e. The summed E-state index contributed by atoms with van der Waals surface area (Å²) in [6.45, 7) is -0.149. The first-order valence-electron chi connectivity index (χ1n) is 5.03. The third-order valence-corrected chi connectivity index (χ3v) is 2.39. The topological polar surface area (TPSA) is 46.3 Å². The van der Waals surface area contributed by atoms with Gasteiger partial charge < -0.3 is 10.6 Å². The van der Waals surface area contributed by atoms with Gasteiger partial charge in [0.1, 0.15) is 5.82 Å². The third kappa shape index (κ3) is 3.88. The number of alkyl halides is 3. The standard InChI is InChI=1S/C11H10F4N2OS/c1-17(5-9(16)19)10(18)7-4-6(11(13,14)15)2-3-8(7)12/h2-4H,5H2,1H3,(H2,16,19). The second-order valence-electron chi connectivity index (χ2n) is 3.82. The van der Waals surface area contributed by atoms with Gasteiger partial charge in [-0.05, 0) is 18.2 Å². The van der Waals surface area contributed by atoms with Gasteiger partial charge in [-0.15, -0.1) is 0 Å². The van der Waals surface area contributed by atoms with Gasteiger partial charge in [0.25, 0.3) is 5.91 Å². The molecule has 0 fully saturated rings. The Hall–Kier alpha value is -1.70. The van der Waals surface area contributed by atoms with E-state index in [1.165, 1.54) is 7.05 Å². The van der Waals surface area contributed by atoms with E-state index >= 15 is 0 Å². The summed E-state index contributed by atoms with van der Waals surface area (Å²) in [5, 5.41) is 0. The van der Waals surface area contributed by atoms with Crippen molar-refractivity contribution in [1.29, 1.82) is 0 Å². The van der Waals surface area contributed by atoms with Crippen molar-refractivity contribution in [3.8, 4) is 0 Å². The molecular weight excluding hydrogens is 284 g/mol. The van der Waals surface area contributed by atoms with E-state index in [9.17, 15) is 22.4 Å². The molecule has 0 spiro atoms. The lowest BCUT2D eigenvalue weighted by atomic mass is 10.1. The molecule has 2 N–H and O–H groups in total. The van der Waals surface area contributed by atoms with Crippen LogP contribution in [0, 0.1) is 5.82 Å². The summed E-state index contributed by atoms with van der Waals surface area (Å²) >= 11 is 4.57. The molecule has 1 aromatic carbocycles. The Morgan fingerprint density at radius 2 is 2.00 bits per heavy atom. The molecule has 8 heteroatoms. The van der Waals surface area contributed by atoms with Crippen molar-refractivity contribution >= 4 is 23.1 Å². The fourth-order valence-corrected chi connectivity index (χ4v) is 1.57. The molecule has 0 atom stereocenters. The van der Waals surface area contributed by atoms with Crippen molar-refractivity contribution in [2.45, 2.75) is 6.18 Å². The van der Waals surface area contributed by atoms with Gasteiger partial charge in [-0.2, -0.15) is 13.2 Å². The van der Waals surface area contributed by atoms with E-state index < -0.39 is 29.0 Å². The predicted octanol–water partition coefficient (Wildman–Crippen LogP) is 2.20. The average molecular weight is 294 g/mol. The van der Waals surface area contributed by atoms with Gasteiger partial charge in [-0.1, -0.05) is 12.2 Å². The summed E-state index contributed by atoms with van der Waals surface area (Å²) in [4.78, 5) is 12.7. The van der Waals surface area contributed by atoms with Crippen LogP contribution in [0.2, 0.25) is 0 Å². The molecule has 0 aliphatic heterocycles. The molecule has 0 radical (unpaired) electrons. The quantitative estimate of drug-likeness (QED) is 0.687. The van der Waals surface area contributed by atoms with Gasteiger partial charge in [0, 0.05) is 7.05 Å². The normalized spacial score (nSPS) is 11.2. The lowest BCUT2D eigenvalue weighted by Gasteiger charge is -2.17. The monoisotopic (exact) mass is 294 g/mol. The number of halogens is 4. The minimum atomic E-state index is -4.65. The van der Waals surface area contributed by atoms with Crippen LogP contribution in [-0.2, 0) is 6.18 Å². The minimum absolute atomic E-state index is 0.0248. The predicted molar refractivity (Wildman–Crippen MR) is 65.1 cm³/mol. The van der Waals surface area contributed by atoms with Crippen LogP contribution < -0.4 is 5.73 Å². The number of amides is 1. The SMILES string of the molecule is CN(CC(N)=S)C(=O)c1cc(C(F)(F)F)ccc1F. The molecule has 0 heterocycles. The highest BCUT2D eigenvalue weighted by Crippen LogP contribution is 2.30. The van der Waals surface area contributed by atoms with Gasteiger partial charge >= 0.3 is 6.18 Å². The number of nitrogens with zero attached hydrogens (tertiary/aromatic N) is 1. The molecule has 19 heavy (non-hydrogen) atoms. The molecule has 104 valence electrons. The molecule has 0 aliphatic carbocycles. The molecule has 1 amide bonds. The van der Waals surface area contributed by atoms with Crippen molar-refractivity contribution in [3.05, 3.63) is 35.1 Å². The summed E-state index contributed by atoms with van der Waals surface area (Å²) in [5.74, 6) is -1.95. The first-order chi connectivity index (χ1) is 8.62. The van der Waals surface area contributed by atoms with Crippen LogP contribution in [0.25, 0.3) is 0 Å². The Morgan fingerprint density at radius 3 is 2.47 bits per heavy atom. The van der Waals surface area contributed by atoms with E-state index in [1.807, 2.05) is 0 Å². The Balaban J connectivity index is 3.12. The van der Waals surface area contributed by atoms with Crippen LogP contribution in [0.5, 0.6) is 0 Å². The second-order valence-corrected chi connectivity index (χ2v) is 4.34. The second kappa shape index (κ2) is 5.52. The zero-order chi connectivity index (χ0) is 14.8. The largest absolute Gasteiger partial charge is 0.416 e. The summed E-state index contributed by atoms with van der Waals surface area (Å²) in [5.41, 5.74) is 3.44. The van der Waals surface area contributed by atoms with Crippen molar-refractivity contribution in [2.24, 2.45) is 5.73 Å². The molecular formula is C11H10F4N2OS. The number of nitrogens with two attached hydrogens (primary N) is 1. The lowest BCUT2D eigenvalue weighted by Crippen LogP contribution is -2.35. The molecule has 3 nitrogen and oxygen atoms in total. The summed E-state index contributed by atoms with van der Waals surface area (Å²) in [6.07, 6.45) is -4.65. The number of hydrogen-bond acceptors (Lipinski definition) is 2. The van der Waals surface area contributed by atoms with Gasteiger partial charge in [-0.3, -0.25) is 4.79 Å². The first-order valence-corrected chi connectivity index (χ1v) is 5.44. The number of likely N-dealkylation sites (N-methyl/N-ethyl adjacent to an activating group) is 1. The molecule has 0 aliphatic rings. The van der Waals surface area contributed by atoms with E-state index in [-0.39, 0.29) is 11.5 Å². The number of benzene rings is 1. The zero-order valence-corrected chi connectivity index (χ0v) is 10.6. The van der Waals surface area contributed by atoms with Gasteiger partial charge in [0.05, 0.1) is 22.7 Å². The van der Waals surface area contributed by atoms with Crippen LogP contribution in [0.3, 0.4) is 0 Å². The Morgan fingerprint density at radius 1 is 1.42 bits per heavy atom. The highest BCUT2D eigenvalue weighted by Gasteiger charge is 2.32. The van der Waals surface area contributed by atoms with Crippen molar-refractivity contribution in [2.75, 3.05) is 13.6 Å². The summed E-state index contributed by atoms with van der Waals surface area (Å²) in [7, 11) is 1.27. The van der Waals surface area contributed by atoms with E-state index in [1.54, 1.807) is 0 Å². The summed E-state index contributed by atoms with van der Waals surface area (Å²) in [6, 6.07) is 1.64.